The molecule has 0 unspecified atom stereocenters. The molecule has 0 spiro atoms. The Balaban J connectivity index is 1.40. The van der Waals surface area contributed by atoms with Gasteiger partial charge in [-0.1, -0.05) is 24.6 Å². The van der Waals surface area contributed by atoms with Crippen LogP contribution in [-0.4, -0.2) is 56.8 Å². The Hall–Kier alpha value is -2.05. The molecule has 28 heavy (non-hydrogen) atoms. The molecule has 2 heterocycles. The van der Waals surface area contributed by atoms with Gasteiger partial charge in [-0.15, -0.1) is 0 Å². The Kier molecular flexibility index (Phi) is 5.60. The van der Waals surface area contributed by atoms with Crippen LogP contribution in [0.15, 0.2) is 33.9 Å². The molecule has 2 fully saturated rings. The van der Waals surface area contributed by atoms with Crippen molar-refractivity contribution in [2.45, 2.75) is 25.8 Å². The average molecular weight is 403 g/mol. The molecule has 4 rings (SSSR count). The third-order valence-corrected chi connectivity index (χ3v) is 6.31. The van der Waals surface area contributed by atoms with Gasteiger partial charge in [0.1, 0.15) is 11.4 Å². The van der Waals surface area contributed by atoms with E-state index in [9.17, 15) is 9.59 Å². The number of rotatable bonds is 6. The molecule has 6 nitrogen and oxygen atoms in total. The summed E-state index contributed by atoms with van der Waals surface area (Å²) in [4.78, 5) is 31.2. The highest BCUT2D eigenvalue weighted by atomic mass is 35.5. The fraction of sp³-hybridized carbons (Fsp3) is 0.524. The van der Waals surface area contributed by atoms with Crippen molar-refractivity contribution in [2.24, 2.45) is 0 Å². The first-order chi connectivity index (χ1) is 13.6. The molecule has 7 heteroatoms. The van der Waals surface area contributed by atoms with E-state index in [1.807, 2.05) is 24.3 Å². The van der Waals surface area contributed by atoms with Crippen LogP contribution in [0.5, 0.6) is 0 Å². The summed E-state index contributed by atoms with van der Waals surface area (Å²) in [6, 6.07) is 8.27. The van der Waals surface area contributed by atoms with Crippen molar-refractivity contribution in [2.75, 3.05) is 60.9 Å². The molecule has 2 aromatic carbocycles. The van der Waals surface area contributed by atoms with Crippen molar-refractivity contribution in [1.82, 2.24) is 4.90 Å². The van der Waals surface area contributed by atoms with Crippen molar-refractivity contribution in [3.8, 4) is 0 Å². The zero-order valence-electron chi connectivity index (χ0n) is 16.3. The van der Waals surface area contributed by atoms with Gasteiger partial charge in [0.15, 0.2) is 0 Å². The lowest BCUT2D eigenvalue weighted by Crippen LogP contribution is -2.52. The third-order valence-electron chi connectivity index (χ3n) is 6.07. The van der Waals surface area contributed by atoms with Gasteiger partial charge in [0.25, 0.3) is 10.9 Å². The first kappa shape index (κ1) is 19.3. The van der Waals surface area contributed by atoms with Crippen LogP contribution in [0.2, 0.25) is 5.02 Å². The molecule has 0 saturated carbocycles. The zero-order valence-corrected chi connectivity index (χ0v) is 17.0. The monoisotopic (exact) mass is 402 g/mol. The van der Waals surface area contributed by atoms with E-state index in [1.54, 1.807) is 0 Å². The van der Waals surface area contributed by atoms with Crippen LogP contribution in [0.3, 0.4) is 0 Å². The van der Waals surface area contributed by atoms with E-state index >= 15 is 0 Å². The van der Waals surface area contributed by atoms with Crippen LogP contribution in [-0.2, 0) is 0 Å². The quantitative estimate of drug-likeness (QED) is 0.747. The lowest BCUT2D eigenvalue weighted by Gasteiger charge is -2.38. The molecule has 1 N–H and O–H groups in total. The third kappa shape index (κ3) is 3.63. The van der Waals surface area contributed by atoms with Crippen LogP contribution in [0.1, 0.15) is 19.8 Å². The SMILES string of the molecule is CCN1CCC[C@@H]1CNc1c(N2CCN(c3cccc(Cl)c3)CC2)c(=O)c1=O. The summed E-state index contributed by atoms with van der Waals surface area (Å²) < 4.78 is 0. The second-order valence-corrected chi connectivity index (χ2v) is 8.08. The van der Waals surface area contributed by atoms with E-state index in [0.29, 0.717) is 17.4 Å². The van der Waals surface area contributed by atoms with E-state index in [4.69, 9.17) is 11.6 Å². The van der Waals surface area contributed by atoms with E-state index in [2.05, 4.69) is 26.9 Å². The second kappa shape index (κ2) is 8.13. The van der Waals surface area contributed by atoms with E-state index < -0.39 is 0 Å². The van der Waals surface area contributed by atoms with Gasteiger partial charge in [-0.25, -0.2) is 0 Å². The zero-order chi connectivity index (χ0) is 19.7. The maximum atomic E-state index is 12.3. The standard InChI is InChI=1S/C21H27ClN4O2/c1-2-24-8-4-7-17(24)14-23-18-19(21(28)20(18)27)26-11-9-25(10-12-26)16-6-3-5-15(22)13-16/h3,5-6,13,17,23H,2,4,7-12,14H2,1H3/t17-/m1/s1. The molecular weight excluding hydrogens is 376 g/mol. The first-order valence-corrected chi connectivity index (χ1v) is 10.5. The van der Waals surface area contributed by atoms with Gasteiger partial charge in [0, 0.05) is 49.5 Å². The maximum absolute atomic E-state index is 12.3. The Bertz CT molecular complexity index is 900. The molecule has 0 radical (unpaired) electrons. The number of nitrogens with zero attached hydrogens (tertiary/aromatic N) is 3. The molecule has 2 aliphatic rings. The van der Waals surface area contributed by atoms with Crippen LogP contribution in [0.4, 0.5) is 17.1 Å². The van der Waals surface area contributed by atoms with E-state index in [0.717, 1.165) is 62.9 Å². The topological polar surface area (TPSA) is 55.9 Å². The summed E-state index contributed by atoms with van der Waals surface area (Å²) in [6.45, 7) is 8.07. The number of hydrogen-bond acceptors (Lipinski definition) is 6. The predicted octanol–water partition coefficient (Wildman–Crippen LogP) is 2.16. The highest BCUT2D eigenvalue weighted by Crippen LogP contribution is 2.26. The highest BCUT2D eigenvalue weighted by Gasteiger charge is 2.30. The summed E-state index contributed by atoms with van der Waals surface area (Å²) in [5.41, 5.74) is 1.48. The van der Waals surface area contributed by atoms with E-state index in [-0.39, 0.29) is 10.9 Å². The maximum Gasteiger partial charge on any atom is 0.253 e. The molecule has 150 valence electrons. The van der Waals surface area contributed by atoms with Crippen molar-refractivity contribution in [3.05, 3.63) is 49.7 Å². The Morgan fingerprint density at radius 3 is 2.54 bits per heavy atom. The lowest BCUT2D eigenvalue weighted by molar-refractivity contribution is 0.277. The number of likely N-dealkylation sites (N-methyl/N-ethyl adjacent to an activating group) is 1. The average Bonchev–Trinajstić information content (AvgIpc) is 3.18. The summed E-state index contributed by atoms with van der Waals surface area (Å²) in [5, 5.41) is 4.02. The largest absolute Gasteiger partial charge is 0.378 e. The van der Waals surface area contributed by atoms with Crippen LogP contribution in [0.25, 0.3) is 0 Å². The lowest BCUT2D eigenvalue weighted by atomic mass is 10.1. The number of likely N-dealkylation sites (tertiary alicyclic amines) is 1. The minimum absolute atomic E-state index is 0.350. The molecule has 2 aromatic rings. The van der Waals surface area contributed by atoms with Gasteiger partial charge in [-0.05, 0) is 44.1 Å². The van der Waals surface area contributed by atoms with Gasteiger partial charge in [0.05, 0.1) is 0 Å². The molecule has 2 saturated heterocycles. The Morgan fingerprint density at radius 1 is 1.07 bits per heavy atom. The number of nitrogens with one attached hydrogen (secondary N) is 1. The highest BCUT2D eigenvalue weighted by molar-refractivity contribution is 6.30. The molecule has 0 aromatic heterocycles. The second-order valence-electron chi connectivity index (χ2n) is 7.64. The van der Waals surface area contributed by atoms with Gasteiger partial charge < -0.3 is 15.1 Å². The first-order valence-electron chi connectivity index (χ1n) is 10.1. The van der Waals surface area contributed by atoms with Gasteiger partial charge in [-0.2, -0.15) is 0 Å². The predicted molar refractivity (Wildman–Crippen MR) is 116 cm³/mol. The molecule has 0 aliphatic carbocycles. The van der Waals surface area contributed by atoms with Crippen LogP contribution >= 0.6 is 11.6 Å². The van der Waals surface area contributed by atoms with Crippen LogP contribution < -0.4 is 26.0 Å². The van der Waals surface area contributed by atoms with Gasteiger partial charge in [0.2, 0.25) is 0 Å². The minimum Gasteiger partial charge on any atom is -0.378 e. The van der Waals surface area contributed by atoms with Gasteiger partial charge in [-0.3, -0.25) is 14.5 Å². The normalized spacial score (nSPS) is 20.9. The van der Waals surface area contributed by atoms with E-state index in [1.165, 1.54) is 6.42 Å². The number of anilines is 3. The molecular formula is C21H27ClN4O2. The smallest absolute Gasteiger partial charge is 0.253 e. The van der Waals surface area contributed by atoms with Gasteiger partial charge >= 0.3 is 0 Å². The Labute approximate surface area is 170 Å². The van der Waals surface area contributed by atoms with Crippen molar-refractivity contribution in [3.63, 3.8) is 0 Å². The Morgan fingerprint density at radius 2 is 1.82 bits per heavy atom. The minimum atomic E-state index is -0.367. The number of hydrogen-bond donors (Lipinski definition) is 1. The fourth-order valence-corrected chi connectivity index (χ4v) is 4.65. The number of piperazine rings is 1. The number of benzene rings is 1. The fourth-order valence-electron chi connectivity index (χ4n) is 4.47. The molecule has 1 atom stereocenters. The number of halogens is 1. The van der Waals surface area contributed by atoms with Crippen molar-refractivity contribution < 1.29 is 0 Å². The molecule has 0 bridgehead atoms. The summed E-state index contributed by atoms with van der Waals surface area (Å²) in [6.07, 6.45) is 2.34. The van der Waals surface area contributed by atoms with Crippen LogP contribution in [0, 0.1) is 0 Å². The molecule has 2 aliphatic heterocycles. The summed E-state index contributed by atoms with van der Waals surface area (Å²) in [5.74, 6) is 0. The van der Waals surface area contributed by atoms with Crippen molar-refractivity contribution >= 4 is 28.7 Å². The summed E-state index contributed by atoms with van der Waals surface area (Å²) >= 11 is 6.10. The molecule has 0 amide bonds. The summed E-state index contributed by atoms with van der Waals surface area (Å²) in [7, 11) is 0. The van der Waals surface area contributed by atoms with Crippen molar-refractivity contribution in [1.29, 1.82) is 0 Å².